The molecule has 0 atom stereocenters. The van der Waals surface area contributed by atoms with E-state index in [1.54, 1.807) is 18.2 Å². The number of aryl methyl sites for hydroxylation is 1. The van der Waals surface area contributed by atoms with Gasteiger partial charge in [-0.2, -0.15) is 0 Å². The first-order valence-electron chi connectivity index (χ1n) is 5.43. The number of halogens is 1. The third-order valence-corrected chi connectivity index (χ3v) is 2.73. The minimum atomic E-state index is -0.350. The highest BCUT2D eigenvalue weighted by atomic mass is 35.5. The highest BCUT2D eigenvalue weighted by Gasteiger charge is 2.06. The van der Waals surface area contributed by atoms with Crippen LogP contribution >= 0.6 is 11.6 Å². The average Bonchev–Trinajstić information content (AvgIpc) is 2.37. The molecule has 1 heterocycles. The van der Waals surface area contributed by atoms with Gasteiger partial charge in [-0.25, -0.2) is 9.78 Å². The summed E-state index contributed by atoms with van der Waals surface area (Å²) < 4.78 is 4.64. The van der Waals surface area contributed by atoms with E-state index in [1.807, 2.05) is 25.1 Å². The molecule has 18 heavy (non-hydrogen) atoms. The third kappa shape index (κ3) is 2.68. The Kier molecular flexibility index (Phi) is 3.63. The SMILES string of the molecule is COC(=O)c1ccc(-c2cc(C)cc(Cl)n2)cc1. The Bertz CT molecular complexity index is 559. The van der Waals surface area contributed by atoms with Gasteiger partial charge in [0.05, 0.1) is 18.4 Å². The van der Waals surface area contributed by atoms with E-state index in [-0.39, 0.29) is 5.97 Å². The van der Waals surface area contributed by atoms with E-state index >= 15 is 0 Å². The minimum Gasteiger partial charge on any atom is -0.465 e. The molecule has 92 valence electrons. The predicted octanol–water partition coefficient (Wildman–Crippen LogP) is 3.50. The van der Waals surface area contributed by atoms with E-state index in [9.17, 15) is 4.79 Å². The second-order valence-corrected chi connectivity index (χ2v) is 4.31. The largest absolute Gasteiger partial charge is 0.465 e. The van der Waals surface area contributed by atoms with Gasteiger partial charge in [0.2, 0.25) is 0 Å². The van der Waals surface area contributed by atoms with Gasteiger partial charge in [0.15, 0.2) is 0 Å². The van der Waals surface area contributed by atoms with Gasteiger partial charge in [-0.1, -0.05) is 23.7 Å². The van der Waals surface area contributed by atoms with Gasteiger partial charge in [-0.3, -0.25) is 0 Å². The van der Waals surface area contributed by atoms with Crippen LogP contribution in [0.15, 0.2) is 36.4 Å². The molecule has 0 unspecified atom stereocenters. The van der Waals surface area contributed by atoms with Gasteiger partial charge in [-0.05, 0) is 36.8 Å². The number of benzene rings is 1. The number of methoxy groups -OCH3 is 1. The zero-order valence-electron chi connectivity index (χ0n) is 10.1. The second kappa shape index (κ2) is 5.19. The maximum absolute atomic E-state index is 11.3. The molecule has 2 aromatic rings. The number of nitrogens with zero attached hydrogens (tertiary/aromatic N) is 1. The van der Waals surface area contributed by atoms with Gasteiger partial charge in [0, 0.05) is 5.56 Å². The van der Waals surface area contributed by atoms with Crippen LogP contribution < -0.4 is 0 Å². The molecule has 0 aliphatic heterocycles. The lowest BCUT2D eigenvalue weighted by Crippen LogP contribution is -2.00. The van der Waals surface area contributed by atoms with Crippen molar-refractivity contribution in [3.63, 3.8) is 0 Å². The third-order valence-electron chi connectivity index (χ3n) is 2.54. The van der Waals surface area contributed by atoms with Crippen molar-refractivity contribution in [1.82, 2.24) is 4.98 Å². The zero-order valence-corrected chi connectivity index (χ0v) is 10.9. The van der Waals surface area contributed by atoms with Crippen LogP contribution in [0.1, 0.15) is 15.9 Å². The van der Waals surface area contributed by atoms with Gasteiger partial charge in [-0.15, -0.1) is 0 Å². The fourth-order valence-electron chi connectivity index (χ4n) is 1.67. The molecule has 0 N–H and O–H groups in total. The Morgan fingerprint density at radius 1 is 1.22 bits per heavy atom. The Morgan fingerprint density at radius 3 is 2.44 bits per heavy atom. The number of carbonyl (C=O) groups excluding carboxylic acids is 1. The van der Waals surface area contributed by atoms with E-state index in [1.165, 1.54) is 7.11 Å². The maximum atomic E-state index is 11.3. The molecule has 0 spiro atoms. The highest BCUT2D eigenvalue weighted by Crippen LogP contribution is 2.21. The number of hydrogen-bond donors (Lipinski definition) is 0. The van der Waals surface area contributed by atoms with Crippen LogP contribution in [0.2, 0.25) is 5.15 Å². The lowest BCUT2D eigenvalue weighted by molar-refractivity contribution is 0.0601. The van der Waals surface area contributed by atoms with Crippen molar-refractivity contribution in [2.75, 3.05) is 7.11 Å². The molecule has 2 rings (SSSR count). The summed E-state index contributed by atoms with van der Waals surface area (Å²) in [4.78, 5) is 15.6. The van der Waals surface area contributed by atoms with E-state index in [0.29, 0.717) is 10.7 Å². The summed E-state index contributed by atoms with van der Waals surface area (Å²) in [6.07, 6.45) is 0. The average molecular weight is 262 g/mol. The van der Waals surface area contributed by atoms with Crippen molar-refractivity contribution in [2.45, 2.75) is 6.92 Å². The number of carbonyl (C=O) groups is 1. The summed E-state index contributed by atoms with van der Waals surface area (Å²) in [5, 5.41) is 0.460. The topological polar surface area (TPSA) is 39.2 Å². The molecule has 0 aliphatic carbocycles. The summed E-state index contributed by atoms with van der Waals surface area (Å²) in [5.41, 5.74) is 3.26. The van der Waals surface area contributed by atoms with Crippen molar-refractivity contribution >= 4 is 17.6 Å². The van der Waals surface area contributed by atoms with Crippen LogP contribution in [-0.4, -0.2) is 18.1 Å². The summed E-state index contributed by atoms with van der Waals surface area (Å²) >= 11 is 5.92. The Hall–Kier alpha value is -1.87. The standard InChI is InChI=1S/C14H12ClNO2/c1-9-7-12(16-13(15)8-9)10-3-5-11(6-4-10)14(17)18-2/h3-8H,1-2H3. The number of esters is 1. The maximum Gasteiger partial charge on any atom is 0.337 e. The van der Waals surface area contributed by atoms with Crippen LogP contribution in [0.5, 0.6) is 0 Å². The molecule has 0 fully saturated rings. The summed E-state index contributed by atoms with van der Waals surface area (Å²) in [6.45, 7) is 1.96. The fraction of sp³-hybridized carbons (Fsp3) is 0.143. The molecule has 0 radical (unpaired) electrons. The molecule has 3 nitrogen and oxygen atoms in total. The van der Waals surface area contributed by atoms with Crippen molar-refractivity contribution in [1.29, 1.82) is 0 Å². The summed E-state index contributed by atoms with van der Waals surface area (Å²) in [5.74, 6) is -0.350. The molecule has 1 aromatic carbocycles. The Labute approximate surface area is 110 Å². The van der Waals surface area contributed by atoms with E-state index < -0.39 is 0 Å². The lowest BCUT2D eigenvalue weighted by Gasteiger charge is -2.04. The van der Waals surface area contributed by atoms with Crippen molar-refractivity contribution in [3.05, 3.63) is 52.7 Å². The van der Waals surface area contributed by atoms with Gasteiger partial charge >= 0.3 is 5.97 Å². The zero-order chi connectivity index (χ0) is 13.1. The Morgan fingerprint density at radius 2 is 1.89 bits per heavy atom. The van der Waals surface area contributed by atoms with Crippen LogP contribution in [0.25, 0.3) is 11.3 Å². The van der Waals surface area contributed by atoms with Crippen LogP contribution in [0, 0.1) is 6.92 Å². The van der Waals surface area contributed by atoms with Crippen LogP contribution in [-0.2, 0) is 4.74 Å². The predicted molar refractivity (Wildman–Crippen MR) is 70.8 cm³/mol. The van der Waals surface area contributed by atoms with E-state index in [2.05, 4.69) is 9.72 Å². The smallest absolute Gasteiger partial charge is 0.337 e. The molecular formula is C14H12ClNO2. The van der Waals surface area contributed by atoms with E-state index in [0.717, 1.165) is 16.8 Å². The molecular weight excluding hydrogens is 250 g/mol. The van der Waals surface area contributed by atoms with Crippen molar-refractivity contribution in [2.24, 2.45) is 0 Å². The highest BCUT2D eigenvalue weighted by molar-refractivity contribution is 6.29. The molecule has 0 bridgehead atoms. The molecule has 4 heteroatoms. The number of hydrogen-bond acceptors (Lipinski definition) is 3. The molecule has 1 aromatic heterocycles. The van der Waals surface area contributed by atoms with Crippen LogP contribution in [0.4, 0.5) is 0 Å². The van der Waals surface area contributed by atoms with Gasteiger partial charge in [0.25, 0.3) is 0 Å². The van der Waals surface area contributed by atoms with Crippen LogP contribution in [0.3, 0.4) is 0 Å². The van der Waals surface area contributed by atoms with Crippen molar-refractivity contribution in [3.8, 4) is 11.3 Å². The minimum absolute atomic E-state index is 0.350. The first kappa shape index (κ1) is 12.6. The summed E-state index contributed by atoms with van der Waals surface area (Å²) in [6, 6.07) is 10.8. The number of pyridine rings is 1. The monoisotopic (exact) mass is 261 g/mol. The lowest BCUT2D eigenvalue weighted by atomic mass is 10.1. The van der Waals surface area contributed by atoms with Crippen molar-refractivity contribution < 1.29 is 9.53 Å². The molecule has 0 amide bonds. The fourth-order valence-corrected chi connectivity index (χ4v) is 1.93. The Balaban J connectivity index is 2.37. The van der Waals surface area contributed by atoms with E-state index in [4.69, 9.17) is 11.6 Å². The number of rotatable bonds is 2. The molecule has 0 saturated heterocycles. The normalized spacial score (nSPS) is 10.2. The summed E-state index contributed by atoms with van der Waals surface area (Å²) in [7, 11) is 1.36. The second-order valence-electron chi connectivity index (χ2n) is 3.92. The molecule has 0 aliphatic rings. The quantitative estimate of drug-likeness (QED) is 0.614. The number of ether oxygens (including phenoxy) is 1. The molecule has 0 saturated carbocycles. The van der Waals surface area contributed by atoms with Gasteiger partial charge in [0.1, 0.15) is 5.15 Å². The number of aromatic nitrogens is 1. The first-order chi connectivity index (χ1) is 8.60. The first-order valence-corrected chi connectivity index (χ1v) is 5.81. The van der Waals surface area contributed by atoms with Gasteiger partial charge < -0.3 is 4.74 Å².